The smallest absolute Gasteiger partial charge is 0.260 e. The Bertz CT molecular complexity index is 1070. The lowest BCUT2D eigenvalue weighted by molar-refractivity contribution is -0.133. The van der Waals surface area contributed by atoms with E-state index in [0.717, 1.165) is 17.7 Å². The molecule has 6 nitrogen and oxygen atoms in total. The van der Waals surface area contributed by atoms with Crippen LogP contribution in [0.3, 0.4) is 0 Å². The van der Waals surface area contributed by atoms with Crippen LogP contribution in [-0.2, 0) is 4.79 Å². The fourth-order valence-corrected chi connectivity index (χ4v) is 3.31. The van der Waals surface area contributed by atoms with Crippen LogP contribution >= 0.6 is 0 Å². The summed E-state index contributed by atoms with van der Waals surface area (Å²) in [5.74, 6) is -1.60. The molecule has 0 aliphatic carbocycles. The number of rotatable bonds is 5. The third-order valence-electron chi connectivity index (χ3n) is 4.99. The topological polar surface area (TPSA) is 58.6 Å². The summed E-state index contributed by atoms with van der Waals surface area (Å²) in [5, 5.41) is 0. The van der Waals surface area contributed by atoms with Crippen LogP contribution in [0.5, 0.6) is 5.75 Å². The van der Waals surface area contributed by atoms with E-state index in [4.69, 9.17) is 4.74 Å². The van der Waals surface area contributed by atoms with Gasteiger partial charge in [-0.1, -0.05) is 0 Å². The molecule has 0 radical (unpaired) electrons. The number of nitrogens with zero attached hydrogens (tertiary/aromatic N) is 4. The predicted octanol–water partition coefficient (Wildman–Crippen LogP) is 3.29. The van der Waals surface area contributed by atoms with Gasteiger partial charge in [0, 0.05) is 43.9 Å². The Kier molecular flexibility index (Phi) is 6.01. The van der Waals surface area contributed by atoms with Gasteiger partial charge in [-0.25, -0.2) is 23.1 Å². The number of amides is 1. The van der Waals surface area contributed by atoms with Gasteiger partial charge in [-0.15, -0.1) is 0 Å². The van der Waals surface area contributed by atoms with Gasteiger partial charge >= 0.3 is 0 Å². The maximum atomic E-state index is 13.6. The third-order valence-corrected chi connectivity index (χ3v) is 4.99. The number of hydrogen-bond donors (Lipinski definition) is 0. The number of aromatic nitrogens is 2. The van der Waals surface area contributed by atoms with Gasteiger partial charge in [-0.3, -0.25) is 4.79 Å². The number of hydrogen-bond acceptors (Lipinski definition) is 5. The van der Waals surface area contributed by atoms with E-state index in [1.165, 1.54) is 18.5 Å². The van der Waals surface area contributed by atoms with Crippen molar-refractivity contribution < 1.29 is 22.7 Å². The van der Waals surface area contributed by atoms with Gasteiger partial charge < -0.3 is 14.5 Å². The van der Waals surface area contributed by atoms with Gasteiger partial charge in [0.05, 0.1) is 5.69 Å². The highest BCUT2D eigenvalue weighted by Crippen LogP contribution is 2.22. The lowest BCUT2D eigenvalue weighted by Crippen LogP contribution is -2.50. The van der Waals surface area contributed by atoms with E-state index in [1.54, 1.807) is 17.0 Å². The van der Waals surface area contributed by atoms with Crippen molar-refractivity contribution in [2.75, 3.05) is 37.7 Å². The molecule has 160 valence electrons. The predicted molar refractivity (Wildman–Crippen MR) is 108 cm³/mol. The fourth-order valence-electron chi connectivity index (χ4n) is 3.31. The Labute approximate surface area is 176 Å². The zero-order valence-electron chi connectivity index (χ0n) is 16.5. The largest absolute Gasteiger partial charge is 0.481 e. The molecule has 0 bridgehead atoms. The standard InChI is InChI=1S/C22H19F3N4O2/c23-16-3-1-15(2-4-16)19-12-21(27-14-26-19)28-7-9-29(10-8-28)22(30)13-31-20-6-5-17(24)11-18(20)25/h1-6,11-12,14H,7-10,13H2. The van der Waals surface area contributed by atoms with Crippen LogP contribution in [0.1, 0.15) is 0 Å². The highest BCUT2D eigenvalue weighted by Gasteiger charge is 2.23. The van der Waals surface area contributed by atoms with Crippen molar-refractivity contribution in [3.63, 3.8) is 0 Å². The Balaban J connectivity index is 1.33. The summed E-state index contributed by atoms with van der Waals surface area (Å²) in [4.78, 5) is 24.6. The summed E-state index contributed by atoms with van der Waals surface area (Å²) in [6, 6.07) is 10.8. The average Bonchev–Trinajstić information content (AvgIpc) is 2.79. The van der Waals surface area contributed by atoms with Crippen molar-refractivity contribution in [1.82, 2.24) is 14.9 Å². The highest BCUT2D eigenvalue weighted by molar-refractivity contribution is 5.78. The van der Waals surface area contributed by atoms with E-state index in [2.05, 4.69) is 9.97 Å². The van der Waals surface area contributed by atoms with Crippen LogP contribution in [0.4, 0.5) is 19.0 Å². The molecule has 0 saturated carbocycles. The Morgan fingerprint density at radius 3 is 2.32 bits per heavy atom. The first kappa shape index (κ1) is 20.6. The molecule has 2 aromatic carbocycles. The lowest BCUT2D eigenvalue weighted by Gasteiger charge is -2.35. The van der Waals surface area contributed by atoms with Crippen molar-refractivity contribution in [3.8, 4) is 17.0 Å². The molecule has 0 N–H and O–H groups in total. The van der Waals surface area contributed by atoms with Gasteiger partial charge in [0.25, 0.3) is 5.91 Å². The highest BCUT2D eigenvalue weighted by atomic mass is 19.1. The van der Waals surface area contributed by atoms with E-state index in [9.17, 15) is 18.0 Å². The molecule has 4 rings (SSSR count). The van der Waals surface area contributed by atoms with Crippen molar-refractivity contribution in [1.29, 1.82) is 0 Å². The molecule has 1 saturated heterocycles. The van der Waals surface area contributed by atoms with Gasteiger partial charge in [-0.05, 0) is 36.4 Å². The monoisotopic (exact) mass is 428 g/mol. The van der Waals surface area contributed by atoms with Crippen molar-refractivity contribution in [3.05, 3.63) is 72.3 Å². The second kappa shape index (κ2) is 9.03. The zero-order valence-corrected chi connectivity index (χ0v) is 16.5. The summed E-state index contributed by atoms with van der Waals surface area (Å²) in [6.45, 7) is 1.67. The van der Waals surface area contributed by atoms with Gasteiger partial charge in [-0.2, -0.15) is 0 Å². The molecule has 1 amide bonds. The normalized spacial score (nSPS) is 13.9. The number of ether oxygens (including phenoxy) is 1. The molecule has 1 aromatic heterocycles. The SMILES string of the molecule is O=C(COc1ccc(F)cc1F)N1CCN(c2cc(-c3ccc(F)cc3)ncn2)CC1. The summed E-state index contributed by atoms with van der Waals surface area (Å²) in [7, 11) is 0. The Hall–Kier alpha value is -3.62. The van der Waals surface area contributed by atoms with Crippen LogP contribution in [0.25, 0.3) is 11.3 Å². The second-order valence-electron chi connectivity index (χ2n) is 7.00. The molecule has 3 aromatic rings. The molecule has 0 unspecified atom stereocenters. The molecule has 9 heteroatoms. The first-order valence-electron chi connectivity index (χ1n) is 9.68. The van der Waals surface area contributed by atoms with E-state index < -0.39 is 11.6 Å². The third kappa shape index (κ3) is 4.93. The van der Waals surface area contributed by atoms with E-state index in [-0.39, 0.29) is 24.1 Å². The molecule has 1 aliphatic rings. The van der Waals surface area contributed by atoms with Gasteiger partial charge in [0.15, 0.2) is 18.2 Å². The molecular formula is C22H19F3N4O2. The fraction of sp³-hybridized carbons (Fsp3) is 0.227. The number of piperazine rings is 1. The molecule has 0 spiro atoms. The van der Waals surface area contributed by atoms with Crippen LogP contribution < -0.4 is 9.64 Å². The van der Waals surface area contributed by atoms with Crippen molar-refractivity contribution >= 4 is 11.7 Å². The van der Waals surface area contributed by atoms with Gasteiger partial charge in [0.2, 0.25) is 0 Å². The number of carbonyl (C=O) groups is 1. The number of halogens is 3. The van der Waals surface area contributed by atoms with Crippen LogP contribution in [0, 0.1) is 17.5 Å². The Morgan fingerprint density at radius 2 is 1.61 bits per heavy atom. The molecule has 1 fully saturated rings. The maximum absolute atomic E-state index is 13.6. The first-order chi connectivity index (χ1) is 15.0. The molecule has 1 aliphatic heterocycles. The summed E-state index contributed by atoms with van der Waals surface area (Å²) >= 11 is 0. The molecular weight excluding hydrogens is 409 g/mol. The zero-order chi connectivity index (χ0) is 21.8. The van der Waals surface area contributed by atoms with E-state index in [1.807, 2.05) is 11.0 Å². The number of benzene rings is 2. The Morgan fingerprint density at radius 1 is 0.903 bits per heavy atom. The maximum Gasteiger partial charge on any atom is 0.260 e. The van der Waals surface area contributed by atoms with Crippen LogP contribution in [0.15, 0.2) is 54.9 Å². The second-order valence-corrected chi connectivity index (χ2v) is 7.00. The average molecular weight is 428 g/mol. The summed E-state index contributed by atoms with van der Waals surface area (Å²) in [6.07, 6.45) is 1.45. The minimum atomic E-state index is -0.849. The summed E-state index contributed by atoms with van der Waals surface area (Å²) < 4.78 is 44.9. The minimum Gasteiger partial charge on any atom is -0.481 e. The number of carbonyl (C=O) groups excluding carboxylic acids is 1. The van der Waals surface area contributed by atoms with Crippen molar-refractivity contribution in [2.24, 2.45) is 0 Å². The van der Waals surface area contributed by atoms with E-state index >= 15 is 0 Å². The van der Waals surface area contributed by atoms with Crippen molar-refractivity contribution in [2.45, 2.75) is 0 Å². The first-order valence-corrected chi connectivity index (χ1v) is 9.68. The molecule has 31 heavy (non-hydrogen) atoms. The lowest BCUT2D eigenvalue weighted by atomic mass is 10.1. The van der Waals surface area contributed by atoms with Crippen LogP contribution in [0.2, 0.25) is 0 Å². The molecule has 2 heterocycles. The summed E-state index contributed by atoms with van der Waals surface area (Å²) in [5.41, 5.74) is 1.46. The van der Waals surface area contributed by atoms with E-state index in [0.29, 0.717) is 43.8 Å². The molecule has 0 atom stereocenters. The number of anilines is 1. The van der Waals surface area contributed by atoms with Gasteiger partial charge in [0.1, 0.15) is 23.8 Å². The quantitative estimate of drug-likeness (QED) is 0.624. The minimum absolute atomic E-state index is 0.164. The van der Waals surface area contributed by atoms with Crippen LogP contribution in [-0.4, -0.2) is 53.6 Å².